The minimum absolute atomic E-state index is 0.0950. The summed E-state index contributed by atoms with van der Waals surface area (Å²) in [6.07, 6.45) is 2.81. The average molecular weight is 543 g/mol. The van der Waals surface area contributed by atoms with E-state index >= 15 is 0 Å². The predicted molar refractivity (Wildman–Crippen MR) is 159 cm³/mol. The molecule has 1 aromatic carbocycles. The summed E-state index contributed by atoms with van der Waals surface area (Å²) < 4.78 is 0. The highest BCUT2D eigenvalue weighted by molar-refractivity contribution is 5.90. The predicted octanol–water partition coefficient (Wildman–Crippen LogP) is 4.56. The Kier molecular flexibility index (Phi) is 11.6. The molecule has 1 fully saturated rings. The lowest BCUT2D eigenvalue weighted by molar-refractivity contribution is -0.142. The smallest absolute Gasteiger partial charge is 0.245 e. The molecule has 0 aliphatic carbocycles. The topological polar surface area (TPSA) is 73.0 Å². The lowest BCUT2D eigenvalue weighted by Crippen LogP contribution is -2.59. The third-order valence-electron chi connectivity index (χ3n) is 8.49. The first-order valence-electron chi connectivity index (χ1n) is 14.7. The van der Waals surface area contributed by atoms with Crippen LogP contribution in [0.2, 0.25) is 0 Å². The molecule has 220 valence electrons. The minimum atomic E-state index is -0.673. The summed E-state index contributed by atoms with van der Waals surface area (Å²) in [5, 5.41) is 3.18. The van der Waals surface area contributed by atoms with E-state index in [2.05, 4.69) is 45.1 Å². The highest BCUT2D eigenvalue weighted by atomic mass is 16.2. The first kappa shape index (κ1) is 32.8. The average Bonchev–Trinajstić information content (AvgIpc) is 3.40. The molecule has 7 heteroatoms. The van der Waals surface area contributed by atoms with Gasteiger partial charge in [0.25, 0.3) is 0 Å². The molecule has 2 rings (SSSR count). The quantitative estimate of drug-likeness (QED) is 0.420. The van der Waals surface area contributed by atoms with Crippen LogP contribution >= 0.6 is 0 Å². The Morgan fingerprint density at radius 3 is 2.03 bits per heavy atom. The number of rotatable bonds is 12. The molecule has 0 saturated carbocycles. The highest BCUT2D eigenvalue weighted by Crippen LogP contribution is 2.34. The largest absolute Gasteiger partial charge is 0.344 e. The van der Waals surface area contributed by atoms with Crippen LogP contribution in [0, 0.1) is 17.3 Å². The molecule has 1 N–H and O–H groups in total. The van der Waals surface area contributed by atoms with Crippen molar-refractivity contribution in [2.75, 3.05) is 40.3 Å². The van der Waals surface area contributed by atoms with E-state index in [0.717, 1.165) is 31.5 Å². The number of hydrogen-bond acceptors (Lipinski definition) is 4. The number of carbonyl (C=O) groups excluding carboxylic acids is 3. The van der Waals surface area contributed by atoms with Gasteiger partial charge in [0.15, 0.2) is 0 Å². The van der Waals surface area contributed by atoms with Crippen molar-refractivity contribution in [1.82, 2.24) is 20.0 Å². The van der Waals surface area contributed by atoms with Gasteiger partial charge < -0.3 is 15.1 Å². The Morgan fingerprint density at radius 1 is 0.974 bits per heavy atom. The number of likely N-dealkylation sites (N-methyl/N-ethyl adjacent to an activating group) is 2. The van der Waals surface area contributed by atoms with Crippen LogP contribution in [0.15, 0.2) is 30.3 Å². The fourth-order valence-corrected chi connectivity index (χ4v) is 5.81. The van der Waals surface area contributed by atoms with Gasteiger partial charge in [-0.2, -0.15) is 0 Å². The summed E-state index contributed by atoms with van der Waals surface area (Å²) in [5.41, 5.74) is 0.242. The maximum atomic E-state index is 14.0. The van der Waals surface area contributed by atoms with E-state index in [1.807, 2.05) is 69.8 Å². The molecular formula is C32H54N4O3. The van der Waals surface area contributed by atoms with Gasteiger partial charge >= 0.3 is 0 Å². The lowest BCUT2D eigenvalue weighted by atomic mass is 9.71. The van der Waals surface area contributed by atoms with Crippen LogP contribution in [0.5, 0.6) is 0 Å². The van der Waals surface area contributed by atoms with E-state index in [-0.39, 0.29) is 41.0 Å². The summed E-state index contributed by atoms with van der Waals surface area (Å²) >= 11 is 0. The van der Waals surface area contributed by atoms with Crippen molar-refractivity contribution in [3.05, 3.63) is 35.9 Å². The summed E-state index contributed by atoms with van der Waals surface area (Å²) in [6.45, 7) is 19.0. The Hall–Kier alpha value is -2.41. The lowest BCUT2D eigenvalue weighted by Gasteiger charge is -2.41. The zero-order valence-corrected chi connectivity index (χ0v) is 26.2. The van der Waals surface area contributed by atoms with Gasteiger partial charge in [-0.15, -0.1) is 0 Å². The van der Waals surface area contributed by atoms with Gasteiger partial charge in [-0.3, -0.25) is 19.3 Å². The number of benzene rings is 1. The Labute approximate surface area is 237 Å². The maximum Gasteiger partial charge on any atom is 0.245 e. The van der Waals surface area contributed by atoms with Crippen molar-refractivity contribution in [2.24, 2.45) is 17.3 Å². The first-order chi connectivity index (χ1) is 18.1. The number of amides is 3. The van der Waals surface area contributed by atoms with Crippen LogP contribution in [-0.2, 0) is 19.8 Å². The van der Waals surface area contributed by atoms with Gasteiger partial charge in [0.1, 0.15) is 6.04 Å². The molecule has 1 heterocycles. The first-order valence-corrected chi connectivity index (χ1v) is 14.7. The standard InChI is InChI=1S/C32H54N4O3/c1-11-25(32(7,8)24-17-13-12-14-18-24)29(38)33-28(31(4,5)6)30(39)35(10)26(23(2)3)21-34(9)22-27(37)36-19-15-16-20-36/h12-14,17-18,23,25-26,28H,11,15-16,19-22H2,1-10H3,(H,33,38)/t25-,26-,28-/m1/s1. The van der Waals surface area contributed by atoms with Crippen molar-refractivity contribution in [1.29, 1.82) is 0 Å². The molecule has 1 aliphatic rings. The van der Waals surface area contributed by atoms with Crippen LogP contribution in [0.3, 0.4) is 0 Å². The summed E-state index contributed by atoms with van der Waals surface area (Å²) in [5.74, 6) is -0.145. The second kappa shape index (κ2) is 13.8. The van der Waals surface area contributed by atoms with Gasteiger partial charge in [-0.25, -0.2) is 0 Å². The molecule has 39 heavy (non-hydrogen) atoms. The van der Waals surface area contributed by atoms with Crippen molar-refractivity contribution in [3.8, 4) is 0 Å². The van der Waals surface area contributed by atoms with Crippen LogP contribution in [0.4, 0.5) is 0 Å². The third kappa shape index (κ3) is 8.54. The normalized spacial score (nSPS) is 16.8. The number of likely N-dealkylation sites (tertiary alicyclic amines) is 1. The van der Waals surface area contributed by atoms with Crippen LogP contribution in [0.1, 0.15) is 80.2 Å². The Morgan fingerprint density at radius 2 is 1.54 bits per heavy atom. The number of carbonyl (C=O) groups is 3. The molecule has 7 nitrogen and oxygen atoms in total. The third-order valence-corrected chi connectivity index (χ3v) is 8.49. The Bertz CT molecular complexity index is 948. The Balaban J connectivity index is 2.20. The molecule has 1 aromatic rings. The van der Waals surface area contributed by atoms with Crippen LogP contribution in [-0.4, -0.2) is 84.8 Å². The molecule has 3 atom stereocenters. The van der Waals surface area contributed by atoms with Crippen LogP contribution in [0.25, 0.3) is 0 Å². The van der Waals surface area contributed by atoms with Gasteiger partial charge in [0.2, 0.25) is 17.7 Å². The molecule has 0 radical (unpaired) electrons. The van der Waals surface area contributed by atoms with E-state index in [4.69, 9.17) is 0 Å². The zero-order chi connectivity index (χ0) is 29.5. The second-order valence-electron chi connectivity index (χ2n) is 13.4. The van der Waals surface area contributed by atoms with E-state index in [1.165, 1.54) is 0 Å². The van der Waals surface area contributed by atoms with E-state index in [0.29, 0.717) is 19.5 Å². The van der Waals surface area contributed by atoms with Crippen molar-refractivity contribution in [2.45, 2.75) is 92.2 Å². The van der Waals surface area contributed by atoms with Gasteiger partial charge in [0.05, 0.1) is 6.54 Å². The van der Waals surface area contributed by atoms with Crippen molar-refractivity contribution in [3.63, 3.8) is 0 Å². The van der Waals surface area contributed by atoms with Crippen molar-refractivity contribution < 1.29 is 14.4 Å². The summed E-state index contributed by atoms with van der Waals surface area (Å²) in [7, 11) is 3.78. The molecule has 3 amide bonds. The molecule has 0 aromatic heterocycles. The molecule has 1 aliphatic heterocycles. The van der Waals surface area contributed by atoms with Gasteiger partial charge in [-0.05, 0) is 43.2 Å². The summed E-state index contributed by atoms with van der Waals surface area (Å²) in [6, 6.07) is 9.34. The number of nitrogens with one attached hydrogen (secondary N) is 1. The molecule has 0 unspecified atom stereocenters. The zero-order valence-electron chi connectivity index (χ0n) is 26.2. The number of hydrogen-bond donors (Lipinski definition) is 1. The van der Waals surface area contributed by atoms with E-state index in [9.17, 15) is 14.4 Å². The fourth-order valence-electron chi connectivity index (χ4n) is 5.81. The fraction of sp³-hybridized carbons (Fsp3) is 0.719. The minimum Gasteiger partial charge on any atom is -0.344 e. The molecule has 0 spiro atoms. The molecule has 0 bridgehead atoms. The van der Waals surface area contributed by atoms with Gasteiger partial charge in [0, 0.05) is 44.1 Å². The SMILES string of the molecule is CC[C@H](C(=O)N[C@H](C(=O)N(C)[C@H](CN(C)CC(=O)N1CCCC1)C(C)C)C(C)(C)C)C(C)(C)c1ccccc1. The number of nitrogens with zero attached hydrogens (tertiary/aromatic N) is 3. The monoisotopic (exact) mass is 542 g/mol. The van der Waals surface area contributed by atoms with E-state index < -0.39 is 11.5 Å². The highest BCUT2D eigenvalue weighted by Gasteiger charge is 2.41. The van der Waals surface area contributed by atoms with Gasteiger partial charge in [-0.1, -0.05) is 85.7 Å². The maximum absolute atomic E-state index is 14.0. The summed E-state index contributed by atoms with van der Waals surface area (Å²) in [4.78, 5) is 46.3. The second-order valence-corrected chi connectivity index (χ2v) is 13.4. The van der Waals surface area contributed by atoms with Crippen LogP contribution < -0.4 is 5.32 Å². The molecule has 1 saturated heterocycles. The molecular weight excluding hydrogens is 488 g/mol. The van der Waals surface area contributed by atoms with E-state index in [1.54, 1.807) is 4.90 Å². The van der Waals surface area contributed by atoms with Crippen molar-refractivity contribution >= 4 is 17.7 Å².